The summed E-state index contributed by atoms with van der Waals surface area (Å²) >= 11 is 0. The van der Waals surface area contributed by atoms with Gasteiger partial charge in [0.25, 0.3) is 5.91 Å². The largest absolute Gasteiger partial charge is 0.378 e. The van der Waals surface area contributed by atoms with E-state index in [1.807, 2.05) is 24.3 Å². The zero-order valence-electron chi connectivity index (χ0n) is 11.0. The third kappa shape index (κ3) is 2.27. The lowest BCUT2D eigenvalue weighted by Crippen LogP contribution is -2.24. The minimum atomic E-state index is -1.04. The Bertz CT molecular complexity index is 515. The van der Waals surface area contributed by atoms with Crippen molar-refractivity contribution in [2.75, 3.05) is 29.9 Å². The molecule has 0 spiro atoms. The number of amides is 1. The molecule has 1 amide bonds. The molecule has 1 aliphatic heterocycles. The van der Waals surface area contributed by atoms with Crippen molar-refractivity contribution in [3.05, 3.63) is 49.1 Å². The number of aliphatic hydroxyl groups is 1. The number of aliphatic hydroxyl groups excluding tert-OH is 1. The summed E-state index contributed by atoms with van der Waals surface area (Å²) in [6.45, 7) is 8.88. The molecule has 0 fully saturated rings. The molecule has 0 radical (unpaired) electrons. The lowest BCUT2D eigenvalue weighted by atomic mass is 10.1. The average molecular weight is 258 g/mol. The highest BCUT2D eigenvalue weighted by Crippen LogP contribution is 2.37. The van der Waals surface area contributed by atoms with Gasteiger partial charge in [0.1, 0.15) is 0 Å². The molecule has 1 atom stereocenters. The van der Waals surface area contributed by atoms with Crippen LogP contribution in [0.1, 0.15) is 11.7 Å². The van der Waals surface area contributed by atoms with E-state index < -0.39 is 6.10 Å². The third-order valence-electron chi connectivity index (χ3n) is 3.30. The minimum absolute atomic E-state index is 0.286. The number of fused-ring (bicyclic) bond motifs is 1. The fraction of sp³-hybridized carbons (Fsp3) is 0.267. The zero-order chi connectivity index (χ0) is 14.0. The quantitative estimate of drug-likeness (QED) is 0.820. The molecular weight excluding hydrogens is 240 g/mol. The van der Waals surface area contributed by atoms with Crippen LogP contribution in [-0.2, 0) is 4.79 Å². The van der Waals surface area contributed by atoms with Crippen LogP contribution in [0, 0.1) is 0 Å². The number of carbonyl (C=O) groups is 1. The van der Waals surface area contributed by atoms with Gasteiger partial charge in [-0.25, -0.2) is 0 Å². The van der Waals surface area contributed by atoms with Gasteiger partial charge in [-0.15, -0.1) is 13.2 Å². The van der Waals surface area contributed by atoms with Crippen molar-refractivity contribution in [1.29, 1.82) is 0 Å². The Labute approximate surface area is 113 Å². The number of anilines is 2. The van der Waals surface area contributed by atoms with Gasteiger partial charge in [0.05, 0.1) is 5.69 Å². The third-order valence-corrected chi connectivity index (χ3v) is 3.30. The molecule has 1 unspecified atom stereocenters. The van der Waals surface area contributed by atoms with Crippen molar-refractivity contribution in [2.24, 2.45) is 0 Å². The maximum atomic E-state index is 11.7. The summed E-state index contributed by atoms with van der Waals surface area (Å²) < 4.78 is 0. The standard InChI is InChI=1S/C15H18N2O2/c1-4-8-17(9-5-2)11-6-7-12-13(10-11)16(3)15(19)14(12)18/h4-7,10,14,18H,1-2,8-9H2,3H3. The van der Waals surface area contributed by atoms with E-state index in [4.69, 9.17) is 0 Å². The maximum absolute atomic E-state index is 11.7. The van der Waals surface area contributed by atoms with Crippen LogP contribution in [0.2, 0.25) is 0 Å². The highest BCUT2D eigenvalue weighted by molar-refractivity contribution is 6.03. The Morgan fingerprint density at radius 1 is 1.37 bits per heavy atom. The van der Waals surface area contributed by atoms with E-state index in [0.717, 1.165) is 11.4 Å². The summed E-state index contributed by atoms with van der Waals surface area (Å²) in [6.07, 6.45) is 2.60. The van der Waals surface area contributed by atoms with E-state index in [0.29, 0.717) is 18.7 Å². The molecule has 0 saturated heterocycles. The van der Waals surface area contributed by atoms with Crippen molar-refractivity contribution < 1.29 is 9.90 Å². The van der Waals surface area contributed by atoms with Crippen LogP contribution >= 0.6 is 0 Å². The molecule has 100 valence electrons. The van der Waals surface area contributed by atoms with Crippen LogP contribution in [0.25, 0.3) is 0 Å². The second-order valence-electron chi connectivity index (χ2n) is 4.53. The Morgan fingerprint density at radius 3 is 2.58 bits per heavy atom. The summed E-state index contributed by atoms with van der Waals surface area (Å²) in [6, 6.07) is 5.62. The number of hydrogen-bond donors (Lipinski definition) is 1. The van der Waals surface area contributed by atoms with Crippen molar-refractivity contribution in [2.45, 2.75) is 6.10 Å². The first-order chi connectivity index (χ1) is 9.10. The Balaban J connectivity index is 2.38. The highest BCUT2D eigenvalue weighted by atomic mass is 16.3. The first-order valence-electron chi connectivity index (χ1n) is 6.16. The van der Waals surface area contributed by atoms with Gasteiger partial charge in [-0.1, -0.05) is 18.2 Å². The van der Waals surface area contributed by atoms with Crippen LogP contribution in [0.15, 0.2) is 43.5 Å². The van der Waals surface area contributed by atoms with Crippen LogP contribution in [0.5, 0.6) is 0 Å². The van der Waals surface area contributed by atoms with Crippen molar-refractivity contribution >= 4 is 17.3 Å². The molecule has 4 nitrogen and oxygen atoms in total. The van der Waals surface area contributed by atoms with E-state index in [1.54, 1.807) is 13.1 Å². The van der Waals surface area contributed by atoms with Gasteiger partial charge < -0.3 is 14.9 Å². The zero-order valence-corrected chi connectivity index (χ0v) is 11.0. The molecule has 0 bridgehead atoms. The Hall–Kier alpha value is -2.07. The molecule has 1 aromatic carbocycles. The maximum Gasteiger partial charge on any atom is 0.260 e. The second kappa shape index (κ2) is 5.28. The molecule has 1 aliphatic rings. The molecule has 1 N–H and O–H groups in total. The molecule has 2 rings (SSSR count). The van der Waals surface area contributed by atoms with E-state index in [-0.39, 0.29) is 5.91 Å². The number of likely N-dealkylation sites (N-methyl/N-ethyl adjacent to an activating group) is 1. The lowest BCUT2D eigenvalue weighted by Gasteiger charge is -2.23. The number of carbonyl (C=O) groups excluding carboxylic acids is 1. The van der Waals surface area contributed by atoms with Gasteiger partial charge in [-0.05, 0) is 12.1 Å². The molecule has 0 saturated carbocycles. The Morgan fingerprint density at radius 2 is 2.00 bits per heavy atom. The predicted molar refractivity (Wildman–Crippen MR) is 77.4 cm³/mol. The molecule has 4 heteroatoms. The smallest absolute Gasteiger partial charge is 0.260 e. The van der Waals surface area contributed by atoms with E-state index in [1.165, 1.54) is 4.90 Å². The normalized spacial score (nSPS) is 17.3. The SMILES string of the molecule is C=CCN(CC=C)c1ccc2c(c1)N(C)C(=O)C2O. The van der Waals surface area contributed by atoms with E-state index in [9.17, 15) is 9.90 Å². The van der Waals surface area contributed by atoms with Crippen molar-refractivity contribution in [3.8, 4) is 0 Å². The van der Waals surface area contributed by atoms with Gasteiger partial charge in [0.2, 0.25) is 0 Å². The number of benzene rings is 1. The molecule has 19 heavy (non-hydrogen) atoms. The predicted octanol–water partition coefficient (Wildman–Crippen LogP) is 1.87. The number of hydrogen-bond acceptors (Lipinski definition) is 3. The molecule has 1 aromatic rings. The monoisotopic (exact) mass is 258 g/mol. The molecular formula is C15H18N2O2. The first-order valence-corrected chi connectivity index (χ1v) is 6.16. The molecule has 0 aromatic heterocycles. The van der Waals surface area contributed by atoms with Crippen molar-refractivity contribution in [1.82, 2.24) is 0 Å². The topological polar surface area (TPSA) is 43.8 Å². The summed E-state index contributed by atoms with van der Waals surface area (Å²) in [5.74, 6) is -0.286. The Kier molecular flexibility index (Phi) is 3.71. The van der Waals surface area contributed by atoms with E-state index >= 15 is 0 Å². The van der Waals surface area contributed by atoms with Gasteiger partial charge in [-0.2, -0.15) is 0 Å². The lowest BCUT2D eigenvalue weighted by molar-refractivity contribution is -0.125. The van der Waals surface area contributed by atoms with E-state index in [2.05, 4.69) is 18.1 Å². The van der Waals surface area contributed by atoms with Crippen LogP contribution in [-0.4, -0.2) is 31.2 Å². The highest BCUT2D eigenvalue weighted by Gasteiger charge is 2.33. The van der Waals surface area contributed by atoms with Gasteiger partial charge in [0, 0.05) is 31.4 Å². The molecule has 0 aliphatic carbocycles. The fourth-order valence-electron chi connectivity index (χ4n) is 2.28. The van der Waals surface area contributed by atoms with Gasteiger partial charge in [0.15, 0.2) is 6.10 Å². The summed E-state index contributed by atoms with van der Waals surface area (Å²) in [5.41, 5.74) is 2.40. The molecule has 1 heterocycles. The van der Waals surface area contributed by atoms with Crippen LogP contribution in [0.4, 0.5) is 11.4 Å². The van der Waals surface area contributed by atoms with Crippen molar-refractivity contribution in [3.63, 3.8) is 0 Å². The second-order valence-corrected chi connectivity index (χ2v) is 4.53. The van der Waals surface area contributed by atoms with Gasteiger partial charge in [-0.3, -0.25) is 4.79 Å². The van der Waals surface area contributed by atoms with Gasteiger partial charge >= 0.3 is 0 Å². The summed E-state index contributed by atoms with van der Waals surface area (Å²) in [4.78, 5) is 15.3. The summed E-state index contributed by atoms with van der Waals surface area (Å²) in [7, 11) is 1.67. The summed E-state index contributed by atoms with van der Waals surface area (Å²) in [5, 5.41) is 9.82. The minimum Gasteiger partial charge on any atom is -0.378 e. The van der Waals surface area contributed by atoms with Crippen LogP contribution < -0.4 is 9.80 Å². The fourth-order valence-corrected chi connectivity index (χ4v) is 2.28. The number of nitrogens with zero attached hydrogens (tertiary/aromatic N) is 2. The van der Waals surface area contributed by atoms with Crippen LogP contribution in [0.3, 0.4) is 0 Å². The number of rotatable bonds is 5. The average Bonchev–Trinajstić information content (AvgIpc) is 2.63. The first kappa shape index (κ1) is 13.4.